The highest BCUT2D eigenvalue weighted by Crippen LogP contribution is 2.13. The lowest BCUT2D eigenvalue weighted by Gasteiger charge is -2.26. The summed E-state index contributed by atoms with van der Waals surface area (Å²) in [5, 5.41) is 0.647. The molecule has 24 heavy (non-hydrogen) atoms. The fourth-order valence-electron chi connectivity index (χ4n) is 2.20. The van der Waals surface area contributed by atoms with Crippen molar-refractivity contribution in [3.63, 3.8) is 0 Å². The van der Waals surface area contributed by atoms with Gasteiger partial charge >= 0.3 is 0 Å². The number of hydrogen-bond donors (Lipinski definition) is 0. The Kier molecular flexibility index (Phi) is 6.45. The molecule has 2 unspecified atom stereocenters. The van der Waals surface area contributed by atoms with E-state index in [9.17, 15) is 4.79 Å². The molecule has 3 aliphatic rings. The highest BCUT2D eigenvalue weighted by atomic mass is 35.5. The first-order valence-electron chi connectivity index (χ1n) is 8.16. The lowest BCUT2D eigenvalue weighted by atomic mass is 10.2. The van der Waals surface area contributed by atoms with Gasteiger partial charge in [-0.15, -0.1) is 0 Å². The number of ether oxygens (including phenoxy) is 4. The third kappa shape index (κ3) is 6.03. The zero-order valence-electron chi connectivity index (χ0n) is 13.5. The number of benzene rings is 1. The molecule has 3 fully saturated rings. The van der Waals surface area contributed by atoms with E-state index in [1.807, 2.05) is 0 Å². The molecule has 4 rings (SSSR count). The minimum atomic E-state index is 0.0509. The maximum atomic E-state index is 11.9. The van der Waals surface area contributed by atoms with E-state index in [0.717, 1.165) is 26.4 Å². The Labute approximate surface area is 146 Å². The average molecular weight is 356 g/mol. The van der Waals surface area contributed by atoms with Gasteiger partial charge in [0, 0.05) is 23.7 Å². The third-order valence-electron chi connectivity index (χ3n) is 3.80. The summed E-state index contributed by atoms with van der Waals surface area (Å²) in [4.78, 5) is 13.7. The fourth-order valence-corrected chi connectivity index (χ4v) is 2.33. The van der Waals surface area contributed by atoms with Crippen LogP contribution in [0.1, 0.15) is 10.4 Å². The van der Waals surface area contributed by atoms with Crippen molar-refractivity contribution in [1.82, 2.24) is 4.90 Å². The number of morpholine rings is 1. The molecule has 1 aromatic carbocycles. The van der Waals surface area contributed by atoms with Crippen molar-refractivity contribution in [3.8, 4) is 0 Å². The molecule has 6 nitrogen and oxygen atoms in total. The molecule has 7 heteroatoms. The molecule has 3 heterocycles. The normalized spacial score (nSPS) is 24.8. The van der Waals surface area contributed by atoms with Gasteiger partial charge in [0.05, 0.1) is 39.6 Å². The second-order valence-corrected chi connectivity index (χ2v) is 6.30. The minimum absolute atomic E-state index is 0.0509. The van der Waals surface area contributed by atoms with E-state index >= 15 is 0 Å². The predicted octanol–water partition coefficient (Wildman–Crippen LogP) is 1.61. The summed E-state index contributed by atoms with van der Waals surface area (Å²) >= 11 is 5.76. The molecule has 1 aromatic rings. The van der Waals surface area contributed by atoms with Gasteiger partial charge in [0.1, 0.15) is 12.2 Å². The van der Waals surface area contributed by atoms with Crippen molar-refractivity contribution in [2.24, 2.45) is 0 Å². The van der Waals surface area contributed by atoms with Crippen molar-refractivity contribution in [3.05, 3.63) is 34.9 Å². The van der Waals surface area contributed by atoms with Crippen LogP contribution in [0.2, 0.25) is 5.02 Å². The van der Waals surface area contributed by atoms with Crippen LogP contribution in [0, 0.1) is 0 Å². The molecule has 0 radical (unpaired) electrons. The van der Waals surface area contributed by atoms with Gasteiger partial charge in [0.25, 0.3) is 5.91 Å². The maximum Gasteiger partial charge on any atom is 0.254 e. The first kappa shape index (κ1) is 17.6. The van der Waals surface area contributed by atoms with Gasteiger partial charge in [-0.2, -0.15) is 0 Å². The smallest absolute Gasteiger partial charge is 0.254 e. The monoisotopic (exact) mass is 355 g/mol. The average Bonchev–Trinajstić information content (AvgIpc) is 3.52. The Morgan fingerprint density at radius 1 is 1.08 bits per heavy atom. The van der Waals surface area contributed by atoms with E-state index < -0.39 is 0 Å². The van der Waals surface area contributed by atoms with Crippen LogP contribution in [-0.4, -0.2) is 75.7 Å². The molecule has 0 aliphatic carbocycles. The van der Waals surface area contributed by atoms with Gasteiger partial charge in [-0.3, -0.25) is 4.79 Å². The van der Waals surface area contributed by atoms with Gasteiger partial charge in [-0.1, -0.05) is 11.6 Å². The van der Waals surface area contributed by atoms with Crippen LogP contribution < -0.4 is 0 Å². The first-order chi connectivity index (χ1) is 11.7. The standard InChI is InChI=1S/C11H12ClNO2.C6H10O3/c12-10-3-1-9(2-4-10)11(14)13-5-7-15-8-6-13;1(5-3-8-5)7-2-6-4-9-6/h1-4H,5-8H2;5-6H,1-4H2. The Morgan fingerprint density at radius 3 is 2.12 bits per heavy atom. The number of carbonyl (C=O) groups excluding carboxylic acids is 1. The fraction of sp³-hybridized carbons (Fsp3) is 0.588. The van der Waals surface area contributed by atoms with E-state index in [-0.39, 0.29) is 5.91 Å². The Bertz CT molecular complexity index is 512. The summed E-state index contributed by atoms with van der Waals surface area (Å²) in [6.07, 6.45) is 0.785. The van der Waals surface area contributed by atoms with E-state index in [2.05, 4.69) is 0 Å². The van der Waals surface area contributed by atoms with Crippen molar-refractivity contribution in [2.45, 2.75) is 12.2 Å². The Hall–Kier alpha value is -1.18. The molecule has 0 bridgehead atoms. The van der Waals surface area contributed by atoms with Gasteiger partial charge in [-0.05, 0) is 24.3 Å². The molecule has 0 spiro atoms. The van der Waals surface area contributed by atoms with Gasteiger partial charge < -0.3 is 23.8 Å². The number of halogens is 1. The highest BCUT2D eigenvalue weighted by molar-refractivity contribution is 6.30. The zero-order chi connectivity index (χ0) is 16.8. The quantitative estimate of drug-likeness (QED) is 0.751. The van der Waals surface area contributed by atoms with Crippen molar-refractivity contribution >= 4 is 17.5 Å². The second-order valence-electron chi connectivity index (χ2n) is 5.86. The molecule has 2 atom stereocenters. The zero-order valence-corrected chi connectivity index (χ0v) is 14.2. The summed E-state index contributed by atoms with van der Waals surface area (Å²) in [5.74, 6) is 0.0509. The predicted molar refractivity (Wildman–Crippen MR) is 88.5 cm³/mol. The van der Waals surface area contributed by atoms with Crippen LogP contribution in [0.5, 0.6) is 0 Å². The van der Waals surface area contributed by atoms with Gasteiger partial charge in [-0.25, -0.2) is 0 Å². The number of carbonyl (C=O) groups is 1. The van der Waals surface area contributed by atoms with Crippen molar-refractivity contribution in [1.29, 1.82) is 0 Å². The number of nitrogens with zero attached hydrogens (tertiary/aromatic N) is 1. The lowest BCUT2D eigenvalue weighted by molar-refractivity contribution is 0.0303. The Balaban J connectivity index is 0.000000159. The number of epoxide rings is 2. The van der Waals surface area contributed by atoms with Crippen molar-refractivity contribution in [2.75, 3.05) is 52.7 Å². The van der Waals surface area contributed by atoms with Gasteiger partial charge in [0.15, 0.2) is 0 Å². The van der Waals surface area contributed by atoms with Crippen LogP contribution in [-0.2, 0) is 18.9 Å². The topological polar surface area (TPSA) is 63.8 Å². The molecular weight excluding hydrogens is 334 g/mol. The molecule has 0 saturated carbocycles. The van der Waals surface area contributed by atoms with Crippen LogP contribution in [0.4, 0.5) is 0 Å². The summed E-state index contributed by atoms with van der Waals surface area (Å²) in [5.41, 5.74) is 0.682. The molecule has 0 aromatic heterocycles. The van der Waals surface area contributed by atoms with Crippen LogP contribution in [0.25, 0.3) is 0 Å². The summed E-state index contributed by atoms with van der Waals surface area (Å²) in [6, 6.07) is 6.96. The van der Waals surface area contributed by atoms with Crippen LogP contribution in [0.15, 0.2) is 24.3 Å². The number of hydrogen-bond acceptors (Lipinski definition) is 5. The molecular formula is C17H22ClNO5. The molecule has 3 aliphatic heterocycles. The molecule has 3 saturated heterocycles. The third-order valence-corrected chi connectivity index (χ3v) is 4.05. The largest absolute Gasteiger partial charge is 0.378 e. The summed E-state index contributed by atoms with van der Waals surface area (Å²) in [6.45, 7) is 5.85. The Morgan fingerprint density at radius 2 is 1.62 bits per heavy atom. The van der Waals surface area contributed by atoms with Crippen molar-refractivity contribution < 1.29 is 23.7 Å². The summed E-state index contributed by atoms with van der Waals surface area (Å²) < 4.78 is 20.3. The lowest BCUT2D eigenvalue weighted by Crippen LogP contribution is -2.40. The number of amides is 1. The summed E-state index contributed by atoms with van der Waals surface area (Å²) in [7, 11) is 0. The highest BCUT2D eigenvalue weighted by Gasteiger charge is 2.26. The van der Waals surface area contributed by atoms with Crippen LogP contribution >= 0.6 is 11.6 Å². The first-order valence-corrected chi connectivity index (χ1v) is 8.53. The molecule has 0 N–H and O–H groups in total. The second kappa shape index (κ2) is 8.78. The maximum absolute atomic E-state index is 11.9. The molecule has 132 valence electrons. The SMILES string of the molecule is C(OCC1CO1)C1CO1.O=C(c1ccc(Cl)cc1)N1CCOCC1. The van der Waals surface area contributed by atoms with E-state index in [1.54, 1.807) is 29.2 Å². The van der Waals surface area contributed by atoms with Gasteiger partial charge in [0.2, 0.25) is 0 Å². The minimum Gasteiger partial charge on any atom is -0.378 e. The van der Waals surface area contributed by atoms with Crippen LogP contribution in [0.3, 0.4) is 0 Å². The van der Waals surface area contributed by atoms with E-state index in [4.69, 9.17) is 30.5 Å². The molecule has 1 amide bonds. The number of rotatable bonds is 5. The van der Waals surface area contributed by atoms with E-state index in [1.165, 1.54) is 0 Å². The van der Waals surface area contributed by atoms with E-state index in [0.29, 0.717) is 49.1 Å².